The van der Waals surface area contributed by atoms with Crippen LogP contribution in [-0.4, -0.2) is 22.6 Å². The number of pyridine rings is 1. The number of aromatic nitrogens is 1. The first-order valence-electron chi connectivity index (χ1n) is 8.17. The summed E-state index contributed by atoms with van der Waals surface area (Å²) >= 11 is 0. The summed E-state index contributed by atoms with van der Waals surface area (Å²) in [7, 11) is 0. The summed E-state index contributed by atoms with van der Waals surface area (Å²) in [6.07, 6.45) is 2.75. The molecule has 0 unspecified atom stereocenters. The van der Waals surface area contributed by atoms with E-state index in [1.165, 1.54) is 30.6 Å². The van der Waals surface area contributed by atoms with Gasteiger partial charge in [0.1, 0.15) is 5.84 Å². The number of carbonyl (C=O) groups excluding carboxylic acids is 1. The van der Waals surface area contributed by atoms with Gasteiger partial charge in [-0.25, -0.2) is 13.8 Å². The Labute approximate surface area is 153 Å². The van der Waals surface area contributed by atoms with Crippen LogP contribution in [0.3, 0.4) is 0 Å². The number of aliphatic imine (C=N–C) groups is 1. The lowest BCUT2D eigenvalue weighted by atomic mass is 9.61. The zero-order valence-corrected chi connectivity index (χ0v) is 14.2. The van der Waals surface area contributed by atoms with Gasteiger partial charge >= 0.3 is 0 Å². The number of anilines is 1. The lowest BCUT2D eigenvalue weighted by molar-refractivity contribution is -0.155. The summed E-state index contributed by atoms with van der Waals surface area (Å²) < 4.78 is 40.1. The van der Waals surface area contributed by atoms with E-state index >= 15 is 0 Å². The predicted octanol–water partition coefficient (Wildman–Crippen LogP) is 3.40. The molecule has 0 spiro atoms. The number of nitrogens with one attached hydrogen (secondary N) is 1. The van der Waals surface area contributed by atoms with Gasteiger partial charge in [0.15, 0.2) is 0 Å². The maximum absolute atomic E-state index is 13.5. The van der Waals surface area contributed by atoms with Crippen LogP contribution >= 0.6 is 0 Å². The van der Waals surface area contributed by atoms with E-state index in [1.54, 1.807) is 30.3 Å². The Morgan fingerprint density at radius 3 is 2.56 bits per heavy atom. The van der Waals surface area contributed by atoms with Crippen molar-refractivity contribution >= 4 is 17.4 Å². The average molecular weight is 374 g/mol. The van der Waals surface area contributed by atoms with Gasteiger partial charge in [-0.2, -0.15) is 9.38 Å². The van der Waals surface area contributed by atoms with E-state index in [2.05, 4.69) is 15.3 Å². The van der Waals surface area contributed by atoms with Gasteiger partial charge < -0.3 is 11.1 Å². The second-order valence-electron chi connectivity index (χ2n) is 6.34. The molecular weight excluding hydrogens is 357 g/mol. The number of alkyl halides is 2. The lowest BCUT2D eigenvalue weighted by Crippen LogP contribution is -2.54. The van der Waals surface area contributed by atoms with Gasteiger partial charge in [0.2, 0.25) is 5.95 Å². The predicted molar refractivity (Wildman–Crippen MR) is 95.9 cm³/mol. The summed E-state index contributed by atoms with van der Waals surface area (Å²) in [6, 6.07) is 11.1. The number of amides is 1. The summed E-state index contributed by atoms with van der Waals surface area (Å²) in [5.74, 6) is -4.41. The van der Waals surface area contributed by atoms with Gasteiger partial charge in [-0.05, 0) is 17.7 Å². The molecule has 0 aliphatic heterocycles. The maximum Gasteiger partial charge on any atom is 0.258 e. The molecule has 140 valence electrons. The highest BCUT2D eigenvalue weighted by Crippen LogP contribution is 2.54. The summed E-state index contributed by atoms with van der Waals surface area (Å²) in [5.41, 5.74) is 5.27. The highest BCUT2D eigenvalue weighted by Gasteiger charge is 2.61. The minimum absolute atomic E-state index is 0.146. The number of rotatable bonds is 5. The van der Waals surface area contributed by atoms with E-state index in [0.717, 1.165) is 0 Å². The van der Waals surface area contributed by atoms with Crippen molar-refractivity contribution in [1.29, 1.82) is 0 Å². The lowest BCUT2D eigenvalue weighted by Gasteiger charge is -2.45. The monoisotopic (exact) mass is 374 g/mol. The Bertz CT molecular complexity index is 889. The van der Waals surface area contributed by atoms with Crippen LogP contribution in [-0.2, 0) is 10.2 Å². The largest absolute Gasteiger partial charge is 0.384 e. The topological polar surface area (TPSA) is 80.4 Å². The Balaban J connectivity index is 1.74. The fourth-order valence-corrected chi connectivity index (χ4v) is 3.04. The molecule has 1 heterocycles. The summed E-state index contributed by atoms with van der Waals surface area (Å²) in [4.78, 5) is 19.8. The van der Waals surface area contributed by atoms with Crippen LogP contribution in [0.4, 0.5) is 18.9 Å². The second kappa shape index (κ2) is 7.22. The summed E-state index contributed by atoms with van der Waals surface area (Å²) in [6.45, 7) is 0. The molecule has 1 fully saturated rings. The van der Waals surface area contributed by atoms with E-state index in [-0.39, 0.29) is 5.84 Å². The number of benzene rings is 1. The molecule has 27 heavy (non-hydrogen) atoms. The van der Waals surface area contributed by atoms with Gasteiger partial charge in [0.25, 0.3) is 11.8 Å². The molecule has 0 saturated heterocycles. The SMILES string of the molecule is NC(/C=C\Nc1ccnc(F)c1)=NC(=O)C1(c2ccccc2)CC(F)(F)C1. The summed E-state index contributed by atoms with van der Waals surface area (Å²) in [5, 5.41) is 2.75. The average Bonchev–Trinajstić information content (AvgIpc) is 2.60. The Kier molecular flexibility index (Phi) is 4.98. The first kappa shape index (κ1) is 18.6. The molecule has 5 nitrogen and oxygen atoms in total. The number of nitrogens with two attached hydrogens (primary N) is 1. The van der Waals surface area contributed by atoms with Crippen molar-refractivity contribution in [2.45, 2.75) is 24.2 Å². The third-order valence-electron chi connectivity index (χ3n) is 4.32. The van der Waals surface area contributed by atoms with Crippen LogP contribution in [0.15, 0.2) is 65.9 Å². The van der Waals surface area contributed by atoms with E-state index in [9.17, 15) is 18.0 Å². The minimum Gasteiger partial charge on any atom is -0.384 e. The van der Waals surface area contributed by atoms with Crippen molar-refractivity contribution in [3.63, 3.8) is 0 Å². The number of hydrogen-bond acceptors (Lipinski definition) is 3. The first-order chi connectivity index (χ1) is 12.8. The Morgan fingerprint density at radius 1 is 1.22 bits per heavy atom. The van der Waals surface area contributed by atoms with Gasteiger partial charge in [0.05, 0.1) is 5.41 Å². The van der Waals surface area contributed by atoms with Crippen molar-refractivity contribution in [1.82, 2.24) is 4.98 Å². The molecule has 1 aliphatic rings. The van der Waals surface area contributed by atoms with Crippen molar-refractivity contribution in [2.75, 3.05) is 5.32 Å². The molecule has 8 heteroatoms. The van der Waals surface area contributed by atoms with Gasteiger partial charge in [-0.3, -0.25) is 4.79 Å². The van der Waals surface area contributed by atoms with Crippen molar-refractivity contribution in [3.05, 3.63) is 72.4 Å². The van der Waals surface area contributed by atoms with Crippen LogP contribution in [0.25, 0.3) is 0 Å². The van der Waals surface area contributed by atoms with Crippen molar-refractivity contribution in [3.8, 4) is 0 Å². The second-order valence-corrected chi connectivity index (χ2v) is 6.34. The molecule has 1 amide bonds. The van der Waals surface area contributed by atoms with Crippen LogP contribution in [0, 0.1) is 5.95 Å². The van der Waals surface area contributed by atoms with Crippen LogP contribution < -0.4 is 11.1 Å². The number of nitrogens with zero attached hydrogens (tertiary/aromatic N) is 2. The quantitative estimate of drug-likeness (QED) is 0.478. The molecule has 3 N–H and O–H groups in total. The molecular formula is C19H17F3N4O. The van der Waals surface area contributed by atoms with E-state index in [4.69, 9.17) is 5.73 Å². The molecule has 3 rings (SSSR count). The molecule has 1 saturated carbocycles. The fourth-order valence-electron chi connectivity index (χ4n) is 3.04. The first-order valence-corrected chi connectivity index (χ1v) is 8.17. The normalized spacial score (nSPS) is 18.1. The van der Waals surface area contributed by atoms with Crippen LogP contribution in [0.5, 0.6) is 0 Å². The molecule has 2 aromatic rings. The number of amidine groups is 1. The standard InChI is InChI=1S/C19H17F3N4O/c20-15-10-14(6-8-25-15)24-9-7-16(23)26-17(27)18(11-19(21,22)12-18)13-4-2-1-3-5-13/h1-10H,11-12H2,(H,24,25)(H2,23,26,27)/b9-7-. The maximum atomic E-state index is 13.5. The van der Waals surface area contributed by atoms with E-state index in [0.29, 0.717) is 11.3 Å². The highest BCUT2D eigenvalue weighted by atomic mass is 19.3. The van der Waals surface area contributed by atoms with Gasteiger partial charge in [-0.1, -0.05) is 30.3 Å². The zero-order valence-electron chi connectivity index (χ0n) is 14.2. The Hall–Kier alpha value is -3.16. The number of halogens is 3. The minimum atomic E-state index is -2.90. The van der Waals surface area contributed by atoms with Crippen LogP contribution in [0.2, 0.25) is 0 Å². The number of hydrogen-bond donors (Lipinski definition) is 2. The third-order valence-corrected chi connectivity index (χ3v) is 4.32. The van der Waals surface area contributed by atoms with Crippen LogP contribution in [0.1, 0.15) is 18.4 Å². The highest BCUT2D eigenvalue weighted by molar-refractivity contribution is 6.04. The molecule has 0 atom stereocenters. The van der Waals surface area contributed by atoms with E-state index in [1.807, 2.05) is 0 Å². The molecule has 1 aromatic heterocycles. The number of carbonyl (C=O) groups is 1. The molecule has 1 aliphatic carbocycles. The van der Waals surface area contributed by atoms with E-state index < -0.39 is 36.0 Å². The molecule has 0 bridgehead atoms. The van der Waals surface area contributed by atoms with Crippen molar-refractivity contribution < 1.29 is 18.0 Å². The van der Waals surface area contributed by atoms with Gasteiger partial charge in [0, 0.05) is 37.0 Å². The smallest absolute Gasteiger partial charge is 0.258 e. The fraction of sp³-hybridized carbons (Fsp3) is 0.211. The molecule has 0 radical (unpaired) electrons. The third kappa shape index (κ3) is 4.16. The van der Waals surface area contributed by atoms with Crippen molar-refractivity contribution in [2.24, 2.45) is 10.7 Å². The Morgan fingerprint density at radius 2 is 1.93 bits per heavy atom. The zero-order chi connectivity index (χ0) is 19.5. The van der Waals surface area contributed by atoms with Gasteiger partial charge in [-0.15, -0.1) is 0 Å². The molecule has 1 aromatic carbocycles.